The zero-order valence-corrected chi connectivity index (χ0v) is 12.4. The van der Waals surface area contributed by atoms with Crippen LogP contribution in [0.1, 0.15) is 11.1 Å². The van der Waals surface area contributed by atoms with Crippen molar-refractivity contribution in [1.29, 1.82) is 0 Å². The first-order valence-electron chi connectivity index (χ1n) is 7.26. The molecule has 0 aliphatic carbocycles. The molecule has 3 rings (SSSR count). The predicted octanol–water partition coefficient (Wildman–Crippen LogP) is 3.90. The molecule has 0 aliphatic rings. The Morgan fingerprint density at radius 1 is 1.00 bits per heavy atom. The van der Waals surface area contributed by atoms with Crippen LogP contribution in [0, 0.1) is 17.7 Å². The summed E-state index contributed by atoms with van der Waals surface area (Å²) in [5, 5.41) is 10.4. The zero-order valence-electron chi connectivity index (χ0n) is 12.4. The average Bonchev–Trinajstić information content (AvgIpc) is 2.58. The van der Waals surface area contributed by atoms with Crippen molar-refractivity contribution < 1.29 is 14.2 Å². The molecular weight excluding hydrogens is 291 g/mol. The monoisotopic (exact) mass is 306 g/mol. The average molecular weight is 306 g/mol. The van der Waals surface area contributed by atoms with Gasteiger partial charge in [-0.1, -0.05) is 54.3 Å². The van der Waals surface area contributed by atoms with Gasteiger partial charge in [0.1, 0.15) is 24.8 Å². The highest BCUT2D eigenvalue weighted by molar-refractivity contribution is 5.93. The van der Waals surface area contributed by atoms with Crippen LogP contribution in [0.5, 0.6) is 5.75 Å². The number of aliphatic hydroxyl groups excluding tert-OH is 1. The summed E-state index contributed by atoms with van der Waals surface area (Å²) in [6.07, 6.45) is 0. The van der Waals surface area contributed by atoms with Crippen molar-refractivity contribution in [2.45, 2.75) is 6.61 Å². The van der Waals surface area contributed by atoms with Gasteiger partial charge in [-0.05, 0) is 23.1 Å². The van der Waals surface area contributed by atoms with E-state index in [4.69, 9.17) is 9.84 Å². The maximum absolute atomic E-state index is 13.9. The van der Waals surface area contributed by atoms with E-state index < -0.39 is 0 Å². The van der Waals surface area contributed by atoms with E-state index in [1.807, 2.05) is 48.5 Å². The summed E-state index contributed by atoms with van der Waals surface area (Å²) in [7, 11) is 0. The SMILES string of the molecule is OCC#Cc1cccc2cc(F)cc(OCc3ccccc3)c12. The van der Waals surface area contributed by atoms with E-state index in [1.165, 1.54) is 12.1 Å². The van der Waals surface area contributed by atoms with Gasteiger partial charge in [0.15, 0.2) is 0 Å². The van der Waals surface area contributed by atoms with Crippen molar-refractivity contribution in [1.82, 2.24) is 0 Å². The first-order chi connectivity index (χ1) is 11.3. The molecule has 0 fully saturated rings. The molecule has 23 heavy (non-hydrogen) atoms. The molecule has 3 aromatic rings. The Labute approximate surface area is 134 Å². The third-order valence-corrected chi connectivity index (χ3v) is 3.44. The van der Waals surface area contributed by atoms with Crippen LogP contribution in [0.25, 0.3) is 10.8 Å². The number of aliphatic hydroxyl groups is 1. The van der Waals surface area contributed by atoms with Gasteiger partial charge < -0.3 is 9.84 Å². The van der Waals surface area contributed by atoms with E-state index in [9.17, 15) is 4.39 Å². The van der Waals surface area contributed by atoms with E-state index in [0.717, 1.165) is 16.3 Å². The molecule has 0 radical (unpaired) electrons. The normalized spacial score (nSPS) is 10.2. The summed E-state index contributed by atoms with van der Waals surface area (Å²) in [5.74, 6) is 5.62. The van der Waals surface area contributed by atoms with Crippen LogP contribution < -0.4 is 4.74 Å². The van der Waals surface area contributed by atoms with Gasteiger partial charge in [0.05, 0.1) is 0 Å². The minimum atomic E-state index is -0.354. The molecule has 0 bridgehead atoms. The number of hydrogen-bond acceptors (Lipinski definition) is 2. The van der Waals surface area contributed by atoms with Crippen molar-refractivity contribution >= 4 is 10.8 Å². The second-order valence-electron chi connectivity index (χ2n) is 5.04. The lowest BCUT2D eigenvalue weighted by molar-refractivity contribution is 0.308. The third-order valence-electron chi connectivity index (χ3n) is 3.44. The minimum absolute atomic E-state index is 0.224. The maximum Gasteiger partial charge on any atom is 0.131 e. The van der Waals surface area contributed by atoms with Crippen LogP contribution in [0.2, 0.25) is 0 Å². The molecule has 0 saturated carbocycles. The van der Waals surface area contributed by atoms with E-state index in [0.29, 0.717) is 17.9 Å². The fraction of sp³-hybridized carbons (Fsp3) is 0.100. The molecule has 114 valence electrons. The second-order valence-corrected chi connectivity index (χ2v) is 5.04. The Morgan fingerprint density at radius 3 is 2.61 bits per heavy atom. The topological polar surface area (TPSA) is 29.5 Å². The summed E-state index contributed by atoms with van der Waals surface area (Å²) in [6, 6.07) is 18.0. The summed E-state index contributed by atoms with van der Waals surface area (Å²) in [4.78, 5) is 0. The Kier molecular flexibility index (Phi) is 4.56. The van der Waals surface area contributed by atoms with Crippen molar-refractivity contribution in [3.63, 3.8) is 0 Å². The lowest BCUT2D eigenvalue weighted by atomic mass is 10.0. The third kappa shape index (κ3) is 3.50. The van der Waals surface area contributed by atoms with Gasteiger partial charge in [-0.15, -0.1) is 0 Å². The highest BCUT2D eigenvalue weighted by atomic mass is 19.1. The molecule has 0 atom stereocenters. The van der Waals surface area contributed by atoms with E-state index >= 15 is 0 Å². The van der Waals surface area contributed by atoms with Crippen LogP contribution >= 0.6 is 0 Å². The number of ether oxygens (including phenoxy) is 1. The van der Waals surface area contributed by atoms with Gasteiger partial charge in [0, 0.05) is 17.0 Å². The predicted molar refractivity (Wildman–Crippen MR) is 88.6 cm³/mol. The molecule has 2 nitrogen and oxygen atoms in total. The van der Waals surface area contributed by atoms with Gasteiger partial charge in [-0.2, -0.15) is 0 Å². The molecule has 1 N–H and O–H groups in total. The van der Waals surface area contributed by atoms with Crippen molar-refractivity contribution in [2.75, 3.05) is 6.61 Å². The number of halogens is 1. The molecular formula is C20H15FO2. The van der Waals surface area contributed by atoms with E-state index in [-0.39, 0.29) is 12.4 Å². The summed E-state index contributed by atoms with van der Waals surface area (Å²) < 4.78 is 19.7. The Balaban J connectivity index is 2.04. The van der Waals surface area contributed by atoms with Crippen LogP contribution in [0.4, 0.5) is 4.39 Å². The van der Waals surface area contributed by atoms with Crippen molar-refractivity contribution in [3.8, 4) is 17.6 Å². The van der Waals surface area contributed by atoms with Crippen LogP contribution in [-0.4, -0.2) is 11.7 Å². The molecule has 3 aromatic carbocycles. The van der Waals surface area contributed by atoms with Gasteiger partial charge in [0.25, 0.3) is 0 Å². The fourth-order valence-corrected chi connectivity index (χ4v) is 2.44. The fourth-order valence-electron chi connectivity index (χ4n) is 2.44. The van der Waals surface area contributed by atoms with E-state index in [1.54, 1.807) is 0 Å². The Hall–Kier alpha value is -2.83. The standard InChI is InChI=1S/C20H15FO2/c21-18-12-17-9-4-8-16(10-5-11-22)20(17)19(13-18)23-14-15-6-2-1-3-7-15/h1-4,6-9,12-13,22H,11,14H2. The first kappa shape index (κ1) is 15.1. The Morgan fingerprint density at radius 2 is 1.83 bits per heavy atom. The number of fused-ring (bicyclic) bond motifs is 1. The first-order valence-corrected chi connectivity index (χ1v) is 7.26. The summed E-state index contributed by atoms with van der Waals surface area (Å²) >= 11 is 0. The van der Waals surface area contributed by atoms with Crippen LogP contribution in [0.15, 0.2) is 60.7 Å². The summed E-state index contributed by atoms with van der Waals surface area (Å²) in [6.45, 7) is 0.124. The molecule has 0 aromatic heterocycles. The van der Waals surface area contributed by atoms with Gasteiger partial charge in [0.2, 0.25) is 0 Å². The quantitative estimate of drug-likeness (QED) is 0.744. The number of benzene rings is 3. The van der Waals surface area contributed by atoms with E-state index in [2.05, 4.69) is 11.8 Å². The van der Waals surface area contributed by atoms with Gasteiger partial charge >= 0.3 is 0 Å². The number of rotatable bonds is 3. The molecule has 3 heteroatoms. The molecule has 0 spiro atoms. The molecule has 0 unspecified atom stereocenters. The minimum Gasteiger partial charge on any atom is -0.488 e. The number of hydrogen-bond donors (Lipinski definition) is 1. The van der Waals surface area contributed by atoms with Gasteiger partial charge in [-0.25, -0.2) is 4.39 Å². The largest absolute Gasteiger partial charge is 0.488 e. The lowest BCUT2D eigenvalue weighted by Crippen LogP contribution is -1.97. The maximum atomic E-state index is 13.9. The highest BCUT2D eigenvalue weighted by Gasteiger charge is 2.09. The lowest BCUT2D eigenvalue weighted by Gasteiger charge is -2.11. The van der Waals surface area contributed by atoms with Crippen molar-refractivity contribution in [3.05, 3.63) is 77.6 Å². The van der Waals surface area contributed by atoms with Crippen LogP contribution in [0.3, 0.4) is 0 Å². The summed E-state index contributed by atoms with van der Waals surface area (Å²) in [5.41, 5.74) is 1.71. The van der Waals surface area contributed by atoms with Crippen molar-refractivity contribution in [2.24, 2.45) is 0 Å². The Bertz CT molecular complexity index is 877. The molecule has 0 amide bonds. The van der Waals surface area contributed by atoms with Crippen LogP contribution in [-0.2, 0) is 6.61 Å². The smallest absolute Gasteiger partial charge is 0.131 e. The molecule has 0 heterocycles. The zero-order chi connectivity index (χ0) is 16.1. The molecule has 0 aliphatic heterocycles. The van der Waals surface area contributed by atoms with Gasteiger partial charge in [-0.3, -0.25) is 0 Å². The second kappa shape index (κ2) is 6.95. The molecule has 0 saturated heterocycles. The highest BCUT2D eigenvalue weighted by Crippen LogP contribution is 2.30.